The Balaban J connectivity index is 0.00000288. The van der Waals surface area contributed by atoms with Crippen LogP contribution in [0.1, 0.15) is 46.1 Å². The SMILES string of the molecule is CCNC(=NCc1ccsc1)NCC1CCCOC1C(C)(C)C.I. The van der Waals surface area contributed by atoms with Crippen molar-refractivity contribution in [2.75, 3.05) is 19.7 Å². The third kappa shape index (κ3) is 6.88. The van der Waals surface area contributed by atoms with Gasteiger partial charge in [0, 0.05) is 25.6 Å². The molecule has 2 N–H and O–H groups in total. The Morgan fingerprint density at radius 2 is 2.17 bits per heavy atom. The van der Waals surface area contributed by atoms with Gasteiger partial charge in [0.25, 0.3) is 0 Å². The monoisotopic (exact) mass is 465 g/mol. The van der Waals surface area contributed by atoms with Gasteiger partial charge < -0.3 is 15.4 Å². The third-order valence-corrected chi connectivity index (χ3v) is 4.91. The number of aliphatic imine (C=N–C) groups is 1. The molecule has 1 fully saturated rings. The first-order chi connectivity index (χ1) is 11.0. The number of hydrogen-bond donors (Lipinski definition) is 2. The Hall–Kier alpha value is -0.340. The van der Waals surface area contributed by atoms with Crippen LogP contribution >= 0.6 is 35.3 Å². The summed E-state index contributed by atoms with van der Waals surface area (Å²) in [7, 11) is 0. The first kappa shape index (κ1) is 21.7. The summed E-state index contributed by atoms with van der Waals surface area (Å²) in [5, 5.41) is 11.1. The molecule has 0 radical (unpaired) electrons. The van der Waals surface area contributed by atoms with Crippen LogP contribution in [0, 0.1) is 11.3 Å². The second kappa shape index (κ2) is 10.6. The van der Waals surface area contributed by atoms with Gasteiger partial charge in [-0.15, -0.1) is 24.0 Å². The molecule has 2 unspecified atom stereocenters. The molecule has 1 aromatic rings. The quantitative estimate of drug-likeness (QED) is 0.388. The zero-order valence-electron chi connectivity index (χ0n) is 15.3. The Morgan fingerprint density at radius 1 is 1.38 bits per heavy atom. The number of thiophene rings is 1. The first-order valence-electron chi connectivity index (χ1n) is 8.65. The lowest BCUT2D eigenvalue weighted by molar-refractivity contribution is -0.0835. The van der Waals surface area contributed by atoms with Crippen molar-refractivity contribution in [1.29, 1.82) is 0 Å². The van der Waals surface area contributed by atoms with E-state index in [1.54, 1.807) is 11.3 Å². The van der Waals surface area contributed by atoms with Gasteiger partial charge in [0.1, 0.15) is 0 Å². The van der Waals surface area contributed by atoms with E-state index in [-0.39, 0.29) is 29.4 Å². The lowest BCUT2D eigenvalue weighted by atomic mass is 9.78. The molecule has 6 heteroatoms. The standard InChI is InChI=1S/C18H31N3OS.HI/c1-5-19-17(20-11-14-8-10-23-13-14)21-12-15-7-6-9-22-16(15)18(2,3)4;/h8,10,13,15-16H,5-7,9,11-12H2,1-4H3,(H2,19,20,21);1H. The van der Waals surface area contributed by atoms with Gasteiger partial charge in [0.15, 0.2) is 5.96 Å². The zero-order valence-corrected chi connectivity index (χ0v) is 18.4. The molecule has 0 amide bonds. The molecule has 4 nitrogen and oxygen atoms in total. The van der Waals surface area contributed by atoms with Crippen LogP contribution < -0.4 is 10.6 Å². The Kier molecular flexibility index (Phi) is 9.59. The van der Waals surface area contributed by atoms with Crippen molar-refractivity contribution >= 4 is 41.3 Å². The van der Waals surface area contributed by atoms with Crippen molar-refractivity contribution in [3.63, 3.8) is 0 Å². The number of guanidine groups is 1. The molecule has 1 aliphatic rings. The van der Waals surface area contributed by atoms with E-state index in [9.17, 15) is 0 Å². The second-order valence-corrected chi connectivity index (χ2v) is 8.05. The number of hydrogen-bond acceptors (Lipinski definition) is 3. The maximum absolute atomic E-state index is 6.07. The predicted molar refractivity (Wildman–Crippen MR) is 114 cm³/mol. The Labute approximate surface area is 167 Å². The van der Waals surface area contributed by atoms with E-state index < -0.39 is 0 Å². The molecule has 0 bridgehead atoms. The molecule has 0 spiro atoms. The molecule has 0 aliphatic carbocycles. The summed E-state index contributed by atoms with van der Waals surface area (Å²) >= 11 is 1.72. The van der Waals surface area contributed by atoms with Crippen LogP contribution in [-0.4, -0.2) is 31.8 Å². The van der Waals surface area contributed by atoms with Crippen molar-refractivity contribution < 1.29 is 4.74 Å². The smallest absolute Gasteiger partial charge is 0.191 e. The highest BCUT2D eigenvalue weighted by molar-refractivity contribution is 14.0. The number of rotatable bonds is 5. The summed E-state index contributed by atoms with van der Waals surface area (Å²) in [5.74, 6) is 1.44. The van der Waals surface area contributed by atoms with E-state index in [1.807, 2.05) is 0 Å². The number of halogens is 1. The summed E-state index contributed by atoms with van der Waals surface area (Å²) in [6.07, 6.45) is 2.68. The molecule has 2 heterocycles. The zero-order chi connectivity index (χ0) is 16.7. The minimum absolute atomic E-state index is 0. The van der Waals surface area contributed by atoms with Crippen LogP contribution in [0.25, 0.3) is 0 Å². The molecular weight excluding hydrogens is 433 g/mol. The maximum Gasteiger partial charge on any atom is 0.191 e. The van der Waals surface area contributed by atoms with Gasteiger partial charge in [-0.05, 0) is 47.6 Å². The van der Waals surface area contributed by atoms with E-state index >= 15 is 0 Å². The topological polar surface area (TPSA) is 45.7 Å². The van der Waals surface area contributed by atoms with Crippen LogP contribution in [0.15, 0.2) is 21.8 Å². The Morgan fingerprint density at radius 3 is 2.79 bits per heavy atom. The second-order valence-electron chi connectivity index (χ2n) is 7.27. The largest absolute Gasteiger partial charge is 0.377 e. The van der Waals surface area contributed by atoms with Crippen LogP contribution in [0.4, 0.5) is 0 Å². The van der Waals surface area contributed by atoms with Crippen molar-refractivity contribution in [2.24, 2.45) is 16.3 Å². The molecule has 2 rings (SSSR count). The van der Waals surface area contributed by atoms with E-state index in [4.69, 9.17) is 4.74 Å². The Bertz CT molecular complexity index is 485. The molecule has 2 atom stereocenters. The van der Waals surface area contributed by atoms with E-state index in [2.05, 4.69) is 60.1 Å². The minimum atomic E-state index is 0. The molecule has 0 saturated carbocycles. The normalized spacial score (nSPS) is 21.9. The van der Waals surface area contributed by atoms with E-state index in [0.29, 0.717) is 12.0 Å². The molecule has 138 valence electrons. The summed E-state index contributed by atoms with van der Waals surface area (Å²) in [4.78, 5) is 4.69. The van der Waals surface area contributed by atoms with Crippen LogP contribution in [0.3, 0.4) is 0 Å². The maximum atomic E-state index is 6.07. The van der Waals surface area contributed by atoms with Gasteiger partial charge in [0.05, 0.1) is 12.6 Å². The average molecular weight is 465 g/mol. The van der Waals surface area contributed by atoms with E-state index in [0.717, 1.165) is 38.6 Å². The van der Waals surface area contributed by atoms with Crippen molar-refractivity contribution in [2.45, 2.75) is 53.2 Å². The van der Waals surface area contributed by atoms with Crippen molar-refractivity contribution in [3.05, 3.63) is 22.4 Å². The molecule has 1 saturated heterocycles. The fourth-order valence-electron chi connectivity index (χ4n) is 3.13. The average Bonchev–Trinajstić information content (AvgIpc) is 3.03. The molecular formula is C18H32IN3OS. The summed E-state index contributed by atoms with van der Waals surface area (Å²) < 4.78 is 6.07. The van der Waals surface area contributed by atoms with Crippen molar-refractivity contribution in [1.82, 2.24) is 10.6 Å². The number of nitrogens with one attached hydrogen (secondary N) is 2. The van der Waals surface area contributed by atoms with Gasteiger partial charge in [-0.3, -0.25) is 0 Å². The minimum Gasteiger partial charge on any atom is -0.377 e. The summed E-state index contributed by atoms with van der Waals surface area (Å²) in [5.41, 5.74) is 1.44. The fourth-order valence-corrected chi connectivity index (χ4v) is 3.79. The molecule has 1 aromatic heterocycles. The summed E-state index contributed by atoms with van der Waals surface area (Å²) in [6.45, 7) is 12.3. The highest BCUT2D eigenvalue weighted by atomic mass is 127. The predicted octanol–water partition coefficient (Wildman–Crippen LogP) is 4.26. The number of ether oxygens (including phenoxy) is 1. The third-order valence-electron chi connectivity index (χ3n) is 4.17. The lowest BCUT2D eigenvalue weighted by Gasteiger charge is -2.40. The van der Waals surface area contributed by atoms with E-state index in [1.165, 1.54) is 12.0 Å². The van der Waals surface area contributed by atoms with Gasteiger partial charge >= 0.3 is 0 Å². The highest BCUT2D eigenvalue weighted by Gasteiger charge is 2.35. The van der Waals surface area contributed by atoms with Crippen LogP contribution in [-0.2, 0) is 11.3 Å². The fraction of sp³-hybridized carbons (Fsp3) is 0.722. The first-order valence-corrected chi connectivity index (χ1v) is 9.60. The highest BCUT2D eigenvalue weighted by Crippen LogP contribution is 2.33. The number of nitrogens with zero attached hydrogens (tertiary/aromatic N) is 1. The van der Waals surface area contributed by atoms with Crippen LogP contribution in [0.5, 0.6) is 0 Å². The van der Waals surface area contributed by atoms with Gasteiger partial charge in [-0.2, -0.15) is 11.3 Å². The van der Waals surface area contributed by atoms with Crippen molar-refractivity contribution in [3.8, 4) is 0 Å². The molecule has 1 aliphatic heterocycles. The molecule has 24 heavy (non-hydrogen) atoms. The van der Waals surface area contributed by atoms with Gasteiger partial charge in [-0.25, -0.2) is 4.99 Å². The van der Waals surface area contributed by atoms with Crippen LogP contribution in [0.2, 0.25) is 0 Å². The van der Waals surface area contributed by atoms with Gasteiger partial charge in [-0.1, -0.05) is 20.8 Å². The lowest BCUT2D eigenvalue weighted by Crippen LogP contribution is -2.47. The molecule has 0 aromatic carbocycles. The van der Waals surface area contributed by atoms with Gasteiger partial charge in [0.2, 0.25) is 0 Å². The summed E-state index contributed by atoms with van der Waals surface area (Å²) in [6, 6.07) is 2.13.